The minimum absolute atomic E-state index is 0.0305. The zero-order valence-electron chi connectivity index (χ0n) is 10.5. The quantitative estimate of drug-likeness (QED) is 0.699. The number of aromatic amines is 1. The van der Waals surface area contributed by atoms with Gasteiger partial charge in [0.05, 0.1) is 11.9 Å². The smallest absolute Gasteiger partial charge is 0.322 e. The average Bonchev–Trinajstić information content (AvgIpc) is 2.72. The van der Waals surface area contributed by atoms with Crippen LogP contribution in [0.1, 0.15) is 26.0 Å². The largest absolute Gasteiger partial charge is 0.480 e. The Bertz CT molecular complexity index is 523. The summed E-state index contributed by atoms with van der Waals surface area (Å²) in [6, 6.07) is -1.14. The first-order chi connectivity index (χ1) is 8.29. The van der Waals surface area contributed by atoms with Crippen LogP contribution in [0.3, 0.4) is 0 Å². The molecule has 7 nitrogen and oxygen atoms in total. The Morgan fingerprint density at radius 1 is 1.61 bits per heavy atom. The summed E-state index contributed by atoms with van der Waals surface area (Å²) in [5, 5.41) is 15.2. The van der Waals surface area contributed by atoms with Gasteiger partial charge in [-0.3, -0.25) is 9.89 Å². The Kier molecular flexibility index (Phi) is 4.47. The highest BCUT2D eigenvalue weighted by Crippen LogP contribution is 2.15. The zero-order valence-corrected chi connectivity index (χ0v) is 11.3. The van der Waals surface area contributed by atoms with Gasteiger partial charge in [-0.25, -0.2) is 8.42 Å². The number of nitrogens with zero attached hydrogens (tertiary/aromatic N) is 1. The molecule has 0 saturated heterocycles. The van der Waals surface area contributed by atoms with Crippen LogP contribution in [0, 0.1) is 12.8 Å². The van der Waals surface area contributed by atoms with E-state index in [4.69, 9.17) is 5.11 Å². The standard InChI is InChI=1S/C10H17N3O4S/c1-4-6(2)9(10(14)15)13-18(16,17)8-5-11-12-7(8)3/h5-6,9,13H,4H2,1-3H3,(H,11,12)(H,14,15)/t6?,9-/m0/s1. The van der Waals surface area contributed by atoms with Gasteiger partial charge in [-0.1, -0.05) is 20.3 Å². The van der Waals surface area contributed by atoms with Gasteiger partial charge in [0.15, 0.2) is 0 Å². The van der Waals surface area contributed by atoms with Gasteiger partial charge in [-0.05, 0) is 12.8 Å². The number of rotatable bonds is 6. The third kappa shape index (κ3) is 3.08. The molecule has 2 atom stereocenters. The lowest BCUT2D eigenvalue weighted by molar-refractivity contribution is -0.140. The molecule has 1 rings (SSSR count). The number of aliphatic carboxylic acids is 1. The predicted octanol–water partition coefficient (Wildman–Crippen LogP) is 0.496. The summed E-state index contributed by atoms with van der Waals surface area (Å²) in [6.45, 7) is 5.04. The Labute approximate surface area is 106 Å². The van der Waals surface area contributed by atoms with Crippen LogP contribution in [-0.2, 0) is 14.8 Å². The second kappa shape index (κ2) is 5.49. The lowest BCUT2D eigenvalue weighted by Crippen LogP contribution is -2.44. The van der Waals surface area contributed by atoms with E-state index in [1.807, 2.05) is 0 Å². The highest BCUT2D eigenvalue weighted by molar-refractivity contribution is 7.89. The molecule has 1 aromatic rings. The van der Waals surface area contributed by atoms with Crippen LogP contribution in [0.5, 0.6) is 0 Å². The minimum atomic E-state index is -3.87. The number of carbonyl (C=O) groups is 1. The molecule has 8 heteroatoms. The summed E-state index contributed by atoms with van der Waals surface area (Å²) in [6.07, 6.45) is 1.72. The number of aromatic nitrogens is 2. The van der Waals surface area contributed by atoms with Gasteiger partial charge in [0.2, 0.25) is 10.0 Å². The van der Waals surface area contributed by atoms with Crippen LogP contribution in [-0.4, -0.2) is 35.7 Å². The second-order valence-corrected chi connectivity index (χ2v) is 5.86. The molecule has 0 aromatic carbocycles. The van der Waals surface area contributed by atoms with Crippen molar-refractivity contribution in [2.45, 2.75) is 38.1 Å². The van der Waals surface area contributed by atoms with E-state index in [0.717, 1.165) is 6.20 Å². The van der Waals surface area contributed by atoms with Crippen LogP contribution >= 0.6 is 0 Å². The molecule has 0 radical (unpaired) electrons. The maximum atomic E-state index is 12.0. The fraction of sp³-hybridized carbons (Fsp3) is 0.600. The lowest BCUT2D eigenvalue weighted by atomic mass is 10.0. The average molecular weight is 275 g/mol. The molecule has 0 spiro atoms. The molecule has 0 fully saturated rings. The van der Waals surface area contributed by atoms with E-state index in [1.165, 1.54) is 0 Å². The highest BCUT2D eigenvalue weighted by Gasteiger charge is 2.30. The van der Waals surface area contributed by atoms with Crippen LogP contribution in [0.25, 0.3) is 0 Å². The van der Waals surface area contributed by atoms with E-state index in [0.29, 0.717) is 12.1 Å². The van der Waals surface area contributed by atoms with E-state index in [1.54, 1.807) is 20.8 Å². The van der Waals surface area contributed by atoms with Gasteiger partial charge in [0.25, 0.3) is 0 Å². The molecular formula is C10H17N3O4S. The highest BCUT2D eigenvalue weighted by atomic mass is 32.2. The van der Waals surface area contributed by atoms with Crippen molar-refractivity contribution in [2.75, 3.05) is 0 Å². The van der Waals surface area contributed by atoms with E-state index in [9.17, 15) is 13.2 Å². The van der Waals surface area contributed by atoms with Crippen LogP contribution in [0.4, 0.5) is 0 Å². The molecule has 0 aliphatic carbocycles. The maximum Gasteiger partial charge on any atom is 0.322 e. The Morgan fingerprint density at radius 3 is 2.61 bits per heavy atom. The molecule has 0 aliphatic heterocycles. The van der Waals surface area contributed by atoms with Crippen molar-refractivity contribution in [3.63, 3.8) is 0 Å². The fourth-order valence-corrected chi connectivity index (χ4v) is 2.92. The van der Waals surface area contributed by atoms with Crippen molar-refractivity contribution in [2.24, 2.45) is 5.92 Å². The molecule has 18 heavy (non-hydrogen) atoms. The third-order valence-electron chi connectivity index (χ3n) is 2.83. The fourth-order valence-electron chi connectivity index (χ4n) is 1.49. The number of sulfonamides is 1. The molecule has 0 bridgehead atoms. The number of aryl methyl sites for hydroxylation is 1. The number of hydrogen-bond donors (Lipinski definition) is 3. The SMILES string of the molecule is CCC(C)[C@H](NS(=O)(=O)c1cn[nH]c1C)C(=O)O. The first kappa shape index (κ1) is 14.7. The normalized spacial score (nSPS) is 15.3. The zero-order chi connectivity index (χ0) is 13.9. The van der Waals surface area contributed by atoms with E-state index in [2.05, 4.69) is 14.9 Å². The van der Waals surface area contributed by atoms with Crippen molar-refractivity contribution in [3.05, 3.63) is 11.9 Å². The van der Waals surface area contributed by atoms with E-state index < -0.39 is 22.0 Å². The van der Waals surface area contributed by atoms with Gasteiger partial charge in [0.1, 0.15) is 10.9 Å². The minimum Gasteiger partial charge on any atom is -0.480 e. The first-order valence-electron chi connectivity index (χ1n) is 5.54. The Morgan fingerprint density at radius 2 is 2.22 bits per heavy atom. The molecule has 1 aromatic heterocycles. The second-order valence-electron chi connectivity index (χ2n) is 4.18. The molecule has 1 unspecified atom stereocenters. The van der Waals surface area contributed by atoms with Crippen molar-refractivity contribution >= 4 is 16.0 Å². The monoisotopic (exact) mass is 275 g/mol. The molecule has 0 amide bonds. The van der Waals surface area contributed by atoms with E-state index >= 15 is 0 Å². The van der Waals surface area contributed by atoms with Gasteiger partial charge in [-0.2, -0.15) is 9.82 Å². The van der Waals surface area contributed by atoms with Gasteiger partial charge < -0.3 is 5.11 Å². The molecule has 102 valence electrons. The summed E-state index contributed by atoms with van der Waals surface area (Å²) in [5.41, 5.74) is 0.371. The number of H-pyrrole nitrogens is 1. The van der Waals surface area contributed by atoms with Gasteiger partial charge >= 0.3 is 5.97 Å². The van der Waals surface area contributed by atoms with Crippen molar-refractivity contribution in [1.82, 2.24) is 14.9 Å². The number of carboxylic acid groups (broad SMARTS) is 1. The first-order valence-corrected chi connectivity index (χ1v) is 7.03. The molecule has 1 heterocycles. The number of carboxylic acids is 1. The molecule has 0 saturated carbocycles. The molecule has 3 N–H and O–H groups in total. The summed E-state index contributed by atoms with van der Waals surface area (Å²) < 4.78 is 26.2. The van der Waals surface area contributed by atoms with Crippen molar-refractivity contribution < 1.29 is 18.3 Å². The number of hydrogen-bond acceptors (Lipinski definition) is 4. The summed E-state index contributed by atoms with van der Waals surface area (Å²) >= 11 is 0. The number of nitrogens with one attached hydrogen (secondary N) is 2. The Hall–Kier alpha value is -1.41. The van der Waals surface area contributed by atoms with Crippen LogP contribution in [0.2, 0.25) is 0 Å². The van der Waals surface area contributed by atoms with Crippen LogP contribution in [0.15, 0.2) is 11.1 Å². The molecule has 0 aliphatic rings. The summed E-state index contributed by atoms with van der Waals surface area (Å²) in [4.78, 5) is 11.1. The summed E-state index contributed by atoms with van der Waals surface area (Å²) in [7, 11) is -3.87. The Balaban J connectivity index is 3.01. The molecular weight excluding hydrogens is 258 g/mol. The van der Waals surface area contributed by atoms with Gasteiger partial charge in [0, 0.05) is 0 Å². The third-order valence-corrected chi connectivity index (χ3v) is 4.39. The van der Waals surface area contributed by atoms with Crippen molar-refractivity contribution in [1.29, 1.82) is 0 Å². The predicted molar refractivity (Wildman–Crippen MR) is 64.5 cm³/mol. The topological polar surface area (TPSA) is 112 Å². The lowest BCUT2D eigenvalue weighted by Gasteiger charge is -2.19. The summed E-state index contributed by atoms with van der Waals surface area (Å²) in [5.74, 6) is -1.49. The maximum absolute atomic E-state index is 12.0. The van der Waals surface area contributed by atoms with Crippen molar-refractivity contribution in [3.8, 4) is 0 Å². The van der Waals surface area contributed by atoms with E-state index in [-0.39, 0.29) is 10.8 Å². The van der Waals surface area contributed by atoms with Gasteiger partial charge in [-0.15, -0.1) is 0 Å². The van der Waals surface area contributed by atoms with Crippen LogP contribution < -0.4 is 4.72 Å².